The lowest BCUT2D eigenvalue weighted by atomic mass is 10.1. The second kappa shape index (κ2) is 6.41. The van der Waals surface area contributed by atoms with Gasteiger partial charge in [-0.3, -0.25) is 9.59 Å². The third-order valence-corrected chi connectivity index (χ3v) is 3.54. The minimum atomic E-state index is -0.999. The van der Waals surface area contributed by atoms with Crippen LogP contribution in [0.15, 0.2) is 42.5 Å². The van der Waals surface area contributed by atoms with E-state index in [9.17, 15) is 14.4 Å². The fourth-order valence-electron chi connectivity index (χ4n) is 2.34. The number of benzene rings is 2. The van der Waals surface area contributed by atoms with Gasteiger partial charge in [0, 0.05) is 6.54 Å². The molecule has 7 heteroatoms. The number of carboxylic acids is 1. The molecule has 122 valence electrons. The molecule has 0 saturated carbocycles. The number of carbonyl (C=O) groups excluding carboxylic acids is 2. The van der Waals surface area contributed by atoms with Crippen molar-refractivity contribution in [3.63, 3.8) is 0 Å². The monoisotopic (exact) mass is 326 g/mol. The summed E-state index contributed by atoms with van der Waals surface area (Å²) >= 11 is 0. The van der Waals surface area contributed by atoms with Gasteiger partial charge in [-0.15, -0.1) is 0 Å². The van der Waals surface area contributed by atoms with E-state index in [2.05, 4.69) is 10.6 Å². The molecule has 0 radical (unpaired) electrons. The molecule has 0 atom stereocenters. The first-order chi connectivity index (χ1) is 11.5. The van der Waals surface area contributed by atoms with Crippen LogP contribution in [0, 0.1) is 0 Å². The van der Waals surface area contributed by atoms with Crippen LogP contribution in [0.5, 0.6) is 5.75 Å². The van der Waals surface area contributed by atoms with Gasteiger partial charge in [-0.2, -0.15) is 0 Å². The molecule has 2 aromatic rings. The number of hydrogen-bond acceptors (Lipinski definition) is 4. The Morgan fingerprint density at radius 1 is 1.17 bits per heavy atom. The summed E-state index contributed by atoms with van der Waals surface area (Å²) in [7, 11) is 0. The summed E-state index contributed by atoms with van der Waals surface area (Å²) < 4.78 is 5.34. The molecule has 1 heterocycles. The number of carbonyl (C=O) groups is 3. The predicted molar refractivity (Wildman–Crippen MR) is 85.1 cm³/mol. The van der Waals surface area contributed by atoms with Crippen LogP contribution < -0.4 is 15.4 Å². The summed E-state index contributed by atoms with van der Waals surface area (Å²) in [6, 6.07) is 11.2. The quantitative estimate of drug-likeness (QED) is 0.792. The first-order valence-electron chi connectivity index (χ1n) is 7.20. The lowest BCUT2D eigenvalue weighted by Crippen LogP contribution is -2.29. The van der Waals surface area contributed by atoms with Gasteiger partial charge in [0.15, 0.2) is 12.4 Å². The van der Waals surface area contributed by atoms with Crippen molar-refractivity contribution in [2.45, 2.75) is 6.54 Å². The van der Waals surface area contributed by atoms with Gasteiger partial charge >= 0.3 is 5.97 Å². The fraction of sp³-hybridized carbons (Fsp3) is 0.118. The van der Waals surface area contributed by atoms with Gasteiger partial charge in [0.05, 0.1) is 16.8 Å². The molecule has 0 aromatic heterocycles. The molecule has 2 amide bonds. The summed E-state index contributed by atoms with van der Waals surface area (Å²) in [6.45, 7) is 0.114. The minimum absolute atomic E-state index is 0.131. The van der Waals surface area contributed by atoms with Crippen molar-refractivity contribution in [3.05, 3.63) is 59.2 Å². The SMILES string of the molecule is O=C1COc2c(cccc2C(=O)NCc2ccc(C(=O)O)cc2)N1. The highest BCUT2D eigenvalue weighted by Gasteiger charge is 2.22. The molecule has 0 spiro atoms. The smallest absolute Gasteiger partial charge is 0.335 e. The molecule has 0 aliphatic carbocycles. The Morgan fingerprint density at radius 2 is 1.92 bits per heavy atom. The zero-order chi connectivity index (χ0) is 17.1. The maximum atomic E-state index is 12.3. The van der Waals surface area contributed by atoms with E-state index in [1.807, 2.05) is 0 Å². The van der Waals surface area contributed by atoms with E-state index in [4.69, 9.17) is 9.84 Å². The number of anilines is 1. The Bertz CT molecular complexity index is 814. The third kappa shape index (κ3) is 3.19. The van der Waals surface area contributed by atoms with Crippen molar-refractivity contribution < 1.29 is 24.2 Å². The van der Waals surface area contributed by atoms with E-state index < -0.39 is 5.97 Å². The Morgan fingerprint density at radius 3 is 2.62 bits per heavy atom. The van der Waals surface area contributed by atoms with Crippen molar-refractivity contribution in [3.8, 4) is 5.75 Å². The van der Waals surface area contributed by atoms with E-state index in [-0.39, 0.29) is 30.5 Å². The summed E-state index contributed by atoms with van der Waals surface area (Å²) in [5, 5.41) is 14.3. The molecule has 0 unspecified atom stereocenters. The Kier molecular flexibility index (Phi) is 4.15. The van der Waals surface area contributed by atoms with E-state index in [1.54, 1.807) is 30.3 Å². The van der Waals surface area contributed by atoms with Crippen LogP contribution in [0.2, 0.25) is 0 Å². The number of aromatic carboxylic acids is 1. The van der Waals surface area contributed by atoms with E-state index in [0.29, 0.717) is 17.0 Å². The molecular weight excluding hydrogens is 312 g/mol. The number of nitrogens with one attached hydrogen (secondary N) is 2. The Balaban J connectivity index is 1.70. The maximum Gasteiger partial charge on any atom is 0.335 e. The summed E-state index contributed by atoms with van der Waals surface area (Å²) in [4.78, 5) is 34.5. The van der Waals surface area contributed by atoms with Crippen LogP contribution >= 0.6 is 0 Å². The van der Waals surface area contributed by atoms with Crippen LogP contribution in [0.3, 0.4) is 0 Å². The van der Waals surface area contributed by atoms with Crippen molar-refractivity contribution >= 4 is 23.5 Å². The average Bonchev–Trinajstić information content (AvgIpc) is 2.59. The van der Waals surface area contributed by atoms with E-state index in [0.717, 1.165) is 5.56 Å². The second-order valence-corrected chi connectivity index (χ2v) is 5.20. The highest BCUT2D eigenvalue weighted by atomic mass is 16.5. The number of carboxylic acid groups (broad SMARTS) is 1. The van der Waals surface area contributed by atoms with Crippen molar-refractivity contribution in [2.75, 3.05) is 11.9 Å². The molecule has 0 saturated heterocycles. The highest BCUT2D eigenvalue weighted by Crippen LogP contribution is 2.31. The van der Waals surface area contributed by atoms with Gasteiger partial charge in [0.2, 0.25) is 0 Å². The van der Waals surface area contributed by atoms with Gasteiger partial charge in [-0.25, -0.2) is 4.79 Å². The highest BCUT2D eigenvalue weighted by molar-refractivity contribution is 6.03. The van der Waals surface area contributed by atoms with Crippen molar-refractivity contribution in [1.29, 1.82) is 0 Å². The number of rotatable bonds is 4. The number of para-hydroxylation sites is 1. The van der Waals surface area contributed by atoms with Gasteiger partial charge in [-0.05, 0) is 29.8 Å². The zero-order valence-corrected chi connectivity index (χ0v) is 12.5. The number of ether oxygens (including phenoxy) is 1. The van der Waals surface area contributed by atoms with Crippen molar-refractivity contribution in [2.24, 2.45) is 0 Å². The lowest BCUT2D eigenvalue weighted by molar-refractivity contribution is -0.118. The molecular formula is C17H14N2O5. The normalized spacial score (nSPS) is 12.6. The number of hydrogen-bond donors (Lipinski definition) is 3. The van der Waals surface area contributed by atoms with Crippen LogP contribution in [0.25, 0.3) is 0 Å². The topological polar surface area (TPSA) is 105 Å². The van der Waals surface area contributed by atoms with Gasteiger partial charge < -0.3 is 20.5 Å². The van der Waals surface area contributed by atoms with E-state index in [1.165, 1.54) is 12.1 Å². The molecule has 0 fully saturated rings. The first kappa shape index (κ1) is 15.5. The van der Waals surface area contributed by atoms with Crippen LogP contribution in [-0.2, 0) is 11.3 Å². The summed E-state index contributed by atoms with van der Waals surface area (Å²) in [5.41, 5.74) is 1.75. The Labute approximate surface area is 137 Å². The molecule has 2 aromatic carbocycles. The molecule has 24 heavy (non-hydrogen) atoms. The summed E-state index contributed by atoms with van der Waals surface area (Å²) in [6.07, 6.45) is 0. The molecule has 3 N–H and O–H groups in total. The second-order valence-electron chi connectivity index (χ2n) is 5.20. The standard InChI is InChI=1S/C17H14N2O5/c20-14-9-24-15-12(2-1-3-13(15)19-14)16(21)18-8-10-4-6-11(7-5-10)17(22)23/h1-7H,8-9H2,(H,18,21)(H,19,20)(H,22,23). The number of amides is 2. The zero-order valence-electron chi connectivity index (χ0n) is 12.5. The lowest BCUT2D eigenvalue weighted by Gasteiger charge is -2.20. The van der Waals surface area contributed by atoms with Gasteiger partial charge in [0.1, 0.15) is 0 Å². The number of fused-ring (bicyclic) bond motifs is 1. The first-order valence-corrected chi connectivity index (χ1v) is 7.20. The van der Waals surface area contributed by atoms with Gasteiger partial charge in [-0.1, -0.05) is 18.2 Å². The van der Waals surface area contributed by atoms with Gasteiger partial charge in [0.25, 0.3) is 11.8 Å². The van der Waals surface area contributed by atoms with E-state index >= 15 is 0 Å². The van der Waals surface area contributed by atoms with Crippen molar-refractivity contribution in [1.82, 2.24) is 5.32 Å². The fourth-order valence-corrected chi connectivity index (χ4v) is 2.34. The Hall–Kier alpha value is -3.35. The minimum Gasteiger partial charge on any atom is -0.481 e. The molecule has 1 aliphatic heterocycles. The largest absolute Gasteiger partial charge is 0.481 e. The molecule has 0 bridgehead atoms. The molecule has 3 rings (SSSR count). The molecule has 1 aliphatic rings. The van der Waals surface area contributed by atoms with Crippen LogP contribution in [0.4, 0.5) is 5.69 Å². The summed E-state index contributed by atoms with van der Waals surface area (Å²) in [5.74, 6) is -1.26. The molecule has 7 nitrogen and oxygen atoms in total. The third-order valence-electron chi connectivity index (χ3n) is 3.54. The maximum absolute atomic E-state index is 12.3. The van der Waals surface area contributed by atoms with Crippen LogP contribution in [0.1, 0.15) is 26.3 Å². The van der Waals surface area contributed by atoms with Crippen LogP contribution in [-0.4, -0.2) is 29.5 Å². The predicted octanol–water partition coefficient (Wildman–Crippen LogP) is 1.65. The average molecular weight is 326 g/mol.